The van der Waals surface area contributed by atoms with Crippen LogP contribution >= 0.6 is 0 Å². The first kappa shape index (κ1) is 20.0. The van der Waals surface area contributed by atoms with Crippen LogP contribution in [-0.2, 0) is 13.3 Å². The minimum absolute atomic E-state index is 0.0757. The molecule has 1 aliphatic carbocycles. The number of aryl methyl sites for hydroxylation is 1. The van der Waals surface area contributed by atoms with E-state index in [2.05, 4.69) is 29.7 Å². The Morgan fingerprint density at radius 3 is 2.59 bits per heavy atom. The number of hydrogen-bond donors (Lipinski definition) is 0. The molecule has 146 valence electrons. The first-order chi connectivity index (χ1) is 14.2. The van der Waals surface area contributed by atoms with Crippen molar-refractivity contribution in [2.45, 2.75) is 33.0 Å². The van der Waals surface area contributed by atoms with Crippen LogP contribution in [0.4, 0.5) is 0 Å². The molecule has 1 saturated carbocycles. The van der Waals surface area contributed by atoms with E-state index in [9.17, 15) is 4.79 Å². The Morgan fingerprint density at radius 2 is 1.97 bits per heavy atom. The molecule has 29 heavy (non-hydrogen) atoms. The molecule has 5 nitrogen and oxygen atoms in total. The van der Waals surface area contributed by atoms with E-state index in [1.807, 2.05) is 43.5 Å². The molecule has 0 bridgehead atoms. The molecule has 1 aromatic carbocycles. The molecule has 2 heterocycles. The Bertz CT molecular complexity index is 1080. The molecule has 0 atom stereocenters. The zero-order valence-corrected chi connectivity index (χ0v) is 16.4. The normalized spacial score (nSPS) is 12.2. The standard InChI is InChI=1S/C22H21N3O2.C2H2/c1-17-12-21(27-16-24-11-10-23-15-24)13-22(26)25(17)14-20-8-6-19(7-9-20)5-4-18-2-3-18;1-2/h6-13,15,18H,2-3,14,16H2,1H3;1-2H. The summed E-state index contributed by atoms with van der Waals surface area (Å²) in [6.45, 7) is 2.77. The summed E-state index contributed by atoms with van der Waals surface area (Å²) in [5.41, 5.74) is 2.89. The molecule has 2 aromatic heterocycles. The first-order valence-electron chi connectivity index (χ1n) is 9.41. The third-order valence-electron chi connectivity index (χ3n) is 4.54. The molecular formula is C24H23N3O2. The number of terminal acetylenes is 1. The molecule has 0 N–H and O–H groups in total. The molecular weight excluding hydrogens is 362 g/mol. The highest BCUT2D eigenvalue weighted by Gasteiger charge is 2.17. The fraction of sp³-hybridized carbons (Fsp3) is 0.250. The Labute approximate surface area is 171 Å². The van der Waals surface area contributed by atoms with Crippen molar-refractivity contribution in [2.24, 2.45) is 5.92 Å². The zero-order chi connectivity index (χ0) is 20.6. The van der Waals surface area contributed by atoms with E-state index in [0.717, 1.165) is 16.8 Å². The van der Waals surface area contributed by atoms with Gasteiger partial charge in [-0.2, -0.15) is 0 Å². The molecule has 4 rings (SSSR count). The van der Waals surface area contributed by atoms with E-state index < -0.39 is 0 Å². The Hall–Kier alpha value is -3.70. The fourth-order valence-corrected chi connectivity index (χ4v) is 2.79. The molecule has 5 heteroatoms. The predicted octanol–water partition coefficient (Wildman–Crippen LogP) is 3.45. The predicted molar refractivity (Wildman–Crippen MR) is 113 cm³/mol. The lowest BCUT2D eigenvalue weighted by molar-refractivity contribution is 0.235. The highest BCUT2D eigenvalue weighted by Crippen LogP contribution is 2.27. The van der Waals surface area contributed by atoms with Crippen LogP contribution in [0.3, 0.4) is 0 Å². The van der Waals surface area contributed by atoms with Gasteiger partial charge in [-0.3, -0.25) is 4.79 Å². The number of hydrogen-bond acceptors (Lipinski definition) is 3. The van der Waals surface area contributed by atoms with Crippen LogP contribution in [0.1, 0.15) is 29.7 Å². The number of ether oxygens (including phenoxy) is 1. The van der Waals surface area contributed by atoms with Gasteiger partial charge in [0.05, 0.1) is 12.9 Å². The third-order valence-corrected chi connectivity index (χ3v) is 4.54. The molecule has 0 aliphatic heterocycles. The molecule has 0 radical (unpaired) electrons. The summed E-state index contributed by atoms with van der Waals surface area (Å²) in [6.07, 6.45) is 15.6. The smallest absolute Gasteiger partial charge is 0.254 e. The molecule has 0 spiro atoms. The van der Waals surface area contributed by atoms with Crippen molar-refractivity contribution < 1.29 is 4.74 Å². The number of nitrogens with zero attached hydrogens (tertiary/aromatic N) is 3. The Kier molecular flexibility index (Phi) is 6.55. The minimum atomic E-state index is -0.0757. The van der Waals surface area contributed by atoms with Gasteiger partial charge in [0.1, 0.15) is 5.75 Å². The van der Waals surface area contributed by atoms with E-state index in [0.29, 0.717) is 24.9 Å². The first-order valence-corrected chi connectivity index (χ1v) is 9.41. The summed E-state index contributed by atoms with van der Waals surface area (Å²) in [6, 6.07) is 11.5. The summed E-state index contributed by atoms with van der Waals surface area (Å²) < 4.78 is 9.22. The minimum Gasteiger partial charge on any atom is -0.472 e. The molecule has 1 fully saturated rings. The number of benzene rings is 1. The largest absolute Gasteiger partial charge is 0.472 e. The van der Waals surface area contributed by atoms with Crippen molar-refractivity contribution >= 4 is 0 Å². The van der Waals surface area contributed by atoms with Crippen molar-refractivity contribution in [3.8, 4) is 30.4 Å². The second kappa shape index (κ2) is 9.48. The van der Waals surface area contributed by atoms with Crippen LogP contribution in [0, 0.1) is 37.5 Å². The van der Waals surface area contributed by atoms with Gasteiger partial charge in [-0.25, -0.2) is 4.98 Å². The number of pyridine rings is 1. The van der Waals surface area contributed by atoms with Gasteiger partial charge in [0.25, 0.3) is 5.56 Å². The molecule has 0 amide bonds. The van der Waals surface area contributed by atoms with E-state index in [1.165, 1.54) is 18.9 Å². The van der Waals surface area contributed by atoms with Gasteiger partial charge in [-0.05, 0) is 43.5 Å². The Morgan fingerprint density at radius 1 is 1.21 bits per heavy atom. The van der Waals surface area contributed by atoms with Gasteiger partial charge in [0.15, 0.2) is 6.73 Å². The van der Waals surface area contributed by atoms with Gasteiger partial charge in [0.2, 0.25) is 0 Å². The van der Waals surface area contributed by atoms with Crippen molar-refractivity contribution in [3.63, 3.8) is 0 Å². The highest BCUT2D eigenvalue weighted by atomic mass is 16.5. The van der Waals surface area contributed by atoms with Crippen LogP contribution in [0.15, 0.2) is 59.9 Å². The van der Waals surface area contributed by atoms with Crippen LogP contribution < -0.4 is 10.3 Å². The van der Waals surface area contributed by atoms with Crippen molar-refractivity contribution in [1.29, 1.82) is 0 Å². The van der Waals surface area contributed by atoms with Crippen molar-refractivity contribution in [2.75, 3.05) is 0 Å². The summed E-state index contributed by atoms with van der Waals surface area (Å²) in [5.74, 6) is 7.64. The maximum Gasteiger partial charge on any atom is 0.254 e. The van der Waals surface area contributed by atoms with E-state index in [1.54, 1.807) is 21.7 Å². The molecule has 3 aromatic rings. The van der Waals surface area contributed by atoms with Crippen LogP contribution in [0.5, 0.6) is 5.75 Å². The summed E-state index contributed by atoms with van der Waals surface area (Å²) in [7, 11) is 0. The Balaban J connectivity index is 0.00000117. The summed E-state index contributed by atoms with van der Waals surface area (Å²) in [4.78, 5) is 16.5. The molecule has 1 aliphatic rings. The van der Waals surface area contributed by atoms with Crippen molar-refractivity contribution in [1.82, 2.24) is 14.1 Å². The zero-order valence-electron chi connectivity index (χ0n) is 16.4. The average Bonchev–Trinajstić information content (AvgIpc) is 3.42. The lowest BCUT2D eigenvalue weighted by atomic mass is 10.1. The average molecular weight is 385 g/mol. The lowest BCUT2D eigenvalue weighted by Gasteiger charge is -2.13. The molecule has 0 saturated heterocycles. The maximum atomic E-state index is 12.5. The SMILES string of the molecule is C#C.Cc1cc(OCn2ccnc2)cc(=O)n1Cc1ccc(C#CC2CC2)cc1. The number of rotatable bonds is 5. The van der Waals surface area contributed by atoms with Gasteiger partial charge in [-0.15, -0.1) is 12.8 Å². The summed E-state index contributed by atoms with van der Waals surface area (Å²) >= 11 is 0. The van der Waals surface area contributed by atoms with Gasteiger partial charge in [0, 0.05) is 35.6 Å². The van der Waals surface area contributed by atoms with Gasteiger partial charge >= 0.3 is 0 Å². The van der Waals surface area contributed by atoms with Crippen LogP contribution in [-0.4, -0.2) is 14.1 Å². The van der Waals surface area contributed by atoms with Gasteiger partial charge < -0.3 is 13.9 Å². The third kappa shape index (κ3) is 5.64. The molecule has 0 unspecified atom stereocenters. The van der Waals surface area contributed by atoms with Crippen molar-refractivity contribution in [3.05, 3.63) is 82.3 Å². The van der Waals surface area contributed by atoms with Crippen LogP contribution in [0.25, 0.3) is 0 Å². The topological polar surface area (TPSA) is 49.1 Å². The quantitative estimate of drug-likeness (QED) is 0.632. The number of imidazole rings is 1. The van der Waals surface area contributed by atoms with Gasteiger partial charge in [-0.1, -0.05) is 24.0 Å². The lowest BCUT2D eigenvalue weighted by Crippen LogP contribution is -2.22. The monoisotopic (exact) mass is 385 g/mol. The summed E-state index contributed by atoms with van der Waals surface area (Å²) in [5, 5.41) is 0. The second-order valence-electron chi connectivity index (χ2n) is 6.85. The second-order valence-corrected chi connectivity index (χ2v) is 6.85. The van der Waals surface area contributed by atoms with E-state index >= 15 is 0 Å². The number of aromatic nitrogens is 3. The highest BCUT2D eigenvalue weighted by molar-refractivity contribution is 5.37. The fourth-order valence-electron chi connectivity index (χ4n) is 2.79. The maximum absolute atomic E-state index is 12.5. The van der Waals surface area contributed by atoms with E-state index in [4.69, 9.17) is 4.74 Å². The van der Waals surface area contributed by atoms with E-state index in [-0.39, 0.29) is 5.56 Å². The van der Waals surface area contributed by atoms with Crippen LogP contribution in [0.2, 0.25) is 0 Å².